The molecule has 0 aliphatic heterocycles. The van der Waals surface area contributed by atoms with Crippen molar-refractivity contribution in [2.45, 2.75) is 27.1 Å². The minimum Gasteiger partial charge on any atom is -0.489 e. The molecule has 0 bridgehead atoms. The quantitative estimate of drug-likeness (QED) is 0.0625. The fourth-order valence-electron chi connectivity index (χ4n) is 6.02. The van der Waals surface area contributed by atoms with Crippen molar-refractivity contribution in [1.29, 1.82) is 0 Å². The summed E-state index contributed by atoms with van der Waals surface area (Å²) in [5, 5.41) is 1.39. The second-order valence-electron chi connectivity index (χ2n) is 12.3. The monoisotopic (exact) mass is 669 g/mol. The zero-order valence-corrected chi connectivity index (χ0v) is 28.3. The zero-order valence-electron chi connectivity index (χ0n) is 28.3. The van der Waals surface area contributed by atoms with E-state index in [1.807, 2.05) is 153 Å². The first-order chi connectivity index (χ1) is 24.9. The third kappa shape index (κ3) is 7.71. The molecular formula is C45H35NO5. The molecule has 51 heavy (non-hydrogen) atoms. The first-order valence-corrected chi connectivity index (χ1v) is 16.7. The molecule has 7 rings (SSSR count). The fourth-order valence-corrected chi connectivity index (χ4v) is 6.02. The Hall–Kier alpha value is -6.53. The molecule has 0 saturated carbocycles. The SMILES string of the molecule is Cc1cc(C(=O)OCc2ccccc2)cc(C)c1OC(=O)c1c2ccccc2nc2cc(C=Cc3ccc(OCc4ccccc4)cc3)ccc12. The molecule has 0 aliphatic rings. The summed E-state index contributed by atoms with van der Waals surface area (Å²) < 4.78 is 17.5. The van der Waals surface area contributed by atoms with Gasteiger partial charge in [-0.25, -0.2) is 14.6 Å². The minimum absolute atomic E-state index is 0.173. The summed E-state index contributed by atoms with van der Waals surface area (Å²) in [5.74, 6) is 0.274. The molecule has 250 valence electrons. The lowest BCUT2D eigenvalue weighted by atomic mass is 10.0. The Morgan fingerprint density at radius 2 is 1.18 bits per heavy atom. The van der Waals surface area contributed by atoms with Crippen LogP contribution in [0.4, 0.5) is 0 Å². The summed E-state index contributed by atoms with van der Waals surface area (Å²) >= 11 is 0. The third-order valence-corrected chi connectivity index (χ3v) is 8.61. The van der Waals surface area contributed by atoms with E-state index in [1.54, 1.807) is 12.1 Å². The number of nitrogens with zero attached hydrogens (tertiary/aromatic N) is 1. The van der Waals surface area contributed by atoms with Gasteiger partial charge in [0.1, 0.15) is 24.7 Å². The van der Waals surface area contributed by atoms with Crippen molar-refractivity contribution in [1.82, 2.24) is 4.98 Å². The third-order valence-electron chi connectivity index (χ3n) is 8.61. The van der Waals surface area contributed by atoms with E-state index in [1.165, 1.54) is 0 Å². The number of ether oxygens (including phenoxy) is 3. The number of esters is 2. The maximum atomic E-state index is 14.0. The summed E-state index contributed by atoms with van der Waals surface area (Å²) in [5.41, 5.74) is 7.49. The number of hydrogen-bond acceptors (Lipinski definition) is 6. The van der Waals surface area contributed by atoms with Crippen LogP contribution in [0.1, 0.15) is 54.1 Å². The molecule has 0 amide bonds. The average molecular weight is 670 g/mol. The molecule has 0 fully saturated rings. The van der Waals surface area contributed by atoms with Crippen LogP contribution in [-0.2, 0) is 18.0 Å². The average Bonchev–Trinajstić information content (AvgIpc) is 3.16. The highest BCUT2D eigenvalue weighted by Gasteiger charge is 2.21. The van der Waals surface area contributed by atoms with E-state index in [4.69, 9.17) is 19.2 Å². The number of benzene rings is 6. The standard InChI is InChI=1S/C45H35NO5/c1-30-25-36(44(47)50-29-35-13-7-4-8-14-35)26-31(2)43(30)51-45(48)42-38-15-9-10-16-40(38)46-41-27-33(21-24-39(41)42)18-17-32-19-22-37(23-20-32)49-28-34-11-5-3-6-12-34/h3-27H,28-29H2,1-2H3. The van der Waals surface area contributed by atoms with Gasteiger partial charge in [-0.1, -0.05) is 115 Å². The summed E-state index contributed by atoms with van der Waals surface area (Å²) in [6, 6.07) is 44.3. The number of pyridine rings is 1. The van der Waals surface area contributed by atoms with Gasteiger partial charge in [0.2, 0.25) is 0 Å². The van der Waals surface area contributed by atoms with Crippen LogP contribution in [0.15, 0.2) is 140 Å². The molecule has 0 spiro atoms. The molecule has 1 heterocycles. The van der Waals surface area contributed by atoms with Gasteiger partial charge in [0, 0.05) is 10.8 Å². The van der Waals surface area contributed by atoms with Crippen molar-refractivity contribution in [2.75, 3.05) is 0 Å². The van der Waals surface area contributed by atoms with Crippen LogP contribution in [0.25, 0.3) is 34.0 Å². The highest BCUT2D eigenvalue weighted by molar-refractivity contribution is 6.15. The van der Waals surface area contributed by atoms with Crippen molar-refractivity contribution >= 4 is 45.9 Å². The van der Waals surface area contributed by atoms with Gasteiger partial charge in [-0.05, 0) is 83.6 Å². The Balaban J connectivity index is 1.10. The van der Waals surface area contributed by atoms with E-state index in [0.717, 1.165) is 28.0 Å². The second-order valence-corrected chi connectivity index (χ2v) is 12.3. The number of rotatable bonds is 10. The maximum absolute atomic E-state index is 14.0. The Morgan fingerprint density at radius 3 is 1.88 bits per heavy atom. The van der Waals surface area contributed by atoms with Gasteiger partial charge in [0.25, 0.3) is 0 Å². The highest BCUT2D eigenvalue weighted by atomic mass is 16.5. The van der Waals surface area contributed by atoms with E-state index < -0.39 is 11.9 Å². The minimum atomic E-state index is -0.498. The molecule has 6 nitrogen and oxygen atoms in total. The van der Waals surface area contributed by atoms with E-state index in [9.17, 15) is 9.59 Å². The van der Waals surface area contributed by atoms with Crippen molar-refractivity contribution in [3.8, 4) is 11.5 Å². The van der Waals surface area contributed by atoms with Crippen molar-refractivity contribution in [2.24, 2.45) is 0 Å². The predicted molar refractivity (Wildman–Crippen MR) is 202 cm³/mol. The maximum Gasteiger partial charge on any atom is 0.344 e. The van der Waals surface area contributed by atoms with Crippen LogP contribution >= 0.6 is 0 Å². The topological polar surface area (TPSA) is 74.7 Å². The van der Waals surface area contributed by atoms with Crippen molar-refractivity contribution < 1.29 is 23.8 Å². The Kier molecular flexibility index (Phi) is 9.66. The number of carbonyl (C=O) groups is 2. The van der Waals surface area contributed by atoms with Gasteiger partial charge in [-0.15, -0.1) is 0 Å². The number of hydrogen-bond donors (Lipinski definition) is 0. The predicted octanol–water partition coefficient (Wildman–Crippen LogP) is 10.3. The van der Waals surface area contributed by atoms with Crippen LogP contribution < -0.4 is 9.47 Å². The van der Waals surface area contributed by atoms with Crippen LogP contribution in [0.3, 0.4) is 0 Å². The molecule has 0 atom stereocenters. The normalized spacial score (nSPS) is 11.2. The largest absolute Gasteiger partial charge is 0.489 e. The lowest BCUT2D eigenvalue weighted by molar-refractivity contribution is 0.0472. The second kappa shape index (κ2) is 14.9. The Bertz CT molecular complexity index is 2360. The van der Waals surface area contributed by atoms with E-state index in [0.29, 0.717) is 56.4 Å². The molecule has 0 radical (unpaired) electrons. The molecule has 0 unspecified atom stereocenters. The van der Waals surface area contributed by atoms with Gasteiger partial charge in [0.05, 0.1) is 22.2 Å². The molecule has 6 heteroatoms. The Labute approximate surface area is 296 Å². The van der Waals surface area contributed by atoms with E-state index in [-0.39, 0.29) is 6.61 Å². The first kappa shape index (κ1) is 33.0. The summed E-state index contributed by atoms with van der Waals surface area (Å²) in [7, 11) is 0. The van der Waals surface area contributed by atoms with Gasteiger partial charge in [0.15, 0.2) is 0 Å². The van der Waals surface area contributed by atoms with Gasteiger partial charge >= 0.3 is 11.9 Å². The number of aromatic nitrogens is 1. The number of aryl methyl sites for hydroxylation is 2. The smallest absolute Gasteiger partial charge is 0.344 e. The molecule has 0 N–H and O–H groups in total. The van der Waals surface area contributed by atoms with Crippen LogP contribution in [-0.4, -0.2) is 16.9 Å². The van der Waals surface area contributed by atoms with Crippen molar-refractivity contribution in [3.05, 3.63) is 184 Å². The summed E-state index contributed by atoms with van der Waals surface area (Å²) in [4.78, 5) is 31.8. The highest BCUT2D eigenvalue weighted by Crippen LogP contribution is 2.31. The zero-order chi connectivity index (χ0) is 35.2. The molecule has 0 saturated heterocycles. The fraction of sp³-hybridized carbons (Fsp3) is 0.0889. The van der Waals surface area contributed by atoms with Crippen LogP contribution in [0, 0.1) is 13.8 Å². The van der Waals surface area contributed by atoms with Crippen LogP contribution in [0.2, 0.25) is 0 Å². The summed E-state index contributed by atoms with van der Waals surface area (Å²) in [6.07, 6.45) is 4.05. The molecule has 7 aromatic rings. The molecule has 1 aromatic heterocycles. The lowest BCUT2D eigenvalue weighted by Gasteiger charge is -2.15. The van der Waals surface area contributed by atoms with Gasteiger partial charge in [-0.3, -0.25) is 0 Å². The van der Waals surface area contributed by atoms with Gasteiger partial charge in [-0.2, -0.15) is 0 Å². The van der Waals surface area contributed by atoms with Gasteiger partial charge < -0.3 is 14.2 Å². The van der Waals surface area contributed by atoms with E-state index in [2.05, 4.69) is 0 Å². The number of para-hydroxylation sites is 1. The summed E-state index contributed by atoms with van der Waals surface area (Å²) in [6.45, 7) is 4.32. The number of carbonyl (C=O) groups excluding carboxylic acids is 2. The molecule has 0 aliphatic carbocycles. The van der Waals surface area contributed by atoms with E-state index >= 15 is 0 Å². The number of fused-ring (bicyclic) bond motifs is 2. The van der Waals surface area contributed by atoms with Crippen LogP contribution in [0.5, 0.6) is 11.5 Å². The first-order valence-electron chi connectivity index (χ1n) is 16.7. The Morgan fingerprint density at radius 1 is 0.588 bits per heavy atom. The molecule has 6 aromatic carbocycles. The van der Waals surface area contributed by atoms with Crippen molar-refractivity contribution in [3.63, 3.8) is 0 Å². The lowest BCUT2D eigenvalue weighted by Crippen LogP contribution is -2.13. The molecular weight excluding hydrogens is 634 g/mol.